The Labute approximate surface area is 148 Å². The van der Waals surface area contributed by atoms with Crippen molar-refractivity contribution in [1.29, 1.82) is 0 Å². The number of allylic oxidation sites excluding steroid dienone is 2. The van der Waals surface area contributed by atoms with Gasteiger partial charge in [0.25, 0.3) is 11.8 Å². The third-order valence-electron chi connectivity index (χ3n) is 5.19. The van der Waals surface area contributed by atoms with E-state index in [1.54, 1.807) is 24.3 Å². The fraction of sp³-hybridized carbons (Fsp3) is 0.500. The fourth-order valence-electron chi connectivity index (χ4n) is 3.92. The minimum Gasteiger partial charge on any atom is -0.484 e. The van der Waals surface area contributed by atoms with Gasteiger partial charge in [-0.05, 0) is 62.6 Å². The smallest absolute Gasteiger partial charge is 0.255 e. The summed E-state index contributed by atoms with van der Waals surface area (Å²) in [7, 11) is 0. The van der Waals surface area contributed by atoms with E-state index in [-0.39, 0.29) is 18.6 Å². The molecule has 5 heteroatoms. The monoisotopic (exact) mass is 342 g/mol. The molecule has 0 saturated heterocycles. The van der Waals surface area contributed by atoms with Crippen molar-refractivity contribution in [2.75, 3.05) is 13.2 Å². The summed E-state index contributed by atoms with van der Waals surface area (Å²) >= 11 is 0. The number of rotatable bonds is 7. The van der Waals surface area contributed by atoms with Crippen LogP contribution in [0.1, 0.15) is 37.0 Å². The van der Waals surface area contributed by atoms with Gasteiger partial charge in [-0.15, -0.1) is 0 Å². The lowest BCUT2D eigenvalue weighted by Gasteiger charge is -2.32. The van der Waals surface area contributed by atoms with Crippen LogP contribution in [-0.2, 0) is 4.79 Å². The number of nitrogens with zero attached hydrogens (tertiary/aromatic N) is 1. The number of amides is 2. The Bertz CT molecular complexity index is 683. The van der Waals surface area contributed by atoms with Gasteiger partial charge in [0.15, 0.2) is 6.61 Å². The third-order valence-corrected chi connectivity index (χ3v) is 5.19. The molecule has 3 rings (SSSR count). The highest BCUT2D eigenvalue weighted by Crippen LogP contribution is 2.43. The van der Waals surface area contributed by atoms with E-state index in [0.717, 1.165) is 6.54 Å². The second-order valence-electron chi connectivity index (χ2n) is 7.37. The SMILES string of the molecule is CC(C)N(C[C@H]1C[C@H]2C=C[C@H]1C2)C(=O)c1cccc(OCC(N)=O)c1. The van der Waals surface area contributed by atoms with E-state index in [1.807, 2.05) is 18.7 Å². The van der Waals surface area contributed by atoms with Crippen molar-refractivity contribution in [3.05, 3.63) is 42.0 Å². The second-order valence-corrected chi connectivity index (χ2v) is 7.37. The molecule has 0 heterocycles. The van der Waals surface area contributed by atoms with Gasteiger partial charge in [0.2, 0.25) is 0 Å². The summed E-state index contributed by atoms with van der Waals surface area (Å²) in [4.78, 5) is 25.8. The maximum atomic E-state index is 13.0. The topological polar surface area (TPSA) is 72.6 Å². The Morgan fingerprint density at radius 3 is 2.68 bits per heavy atom. The second kappa shape index (κ2) is 7.30. The van der Waals surface area contributed by atoms with Crippen LogP contribution < -0.4 is 10.5 Å². The van der Waals surface area contributed by atoms with Gasteiger partial charge in [0.05, 0.1) is 0 Å². The minimum atomic E-state index is -0.537. The first-order valence-electron chi connectivity index (χ1n) is 8.94. The lowest BCUT2D eigenvalue weighted by molar-refractivity contribution is -0.119. The number of carbonyl (C=O) groups excluding carboxylic acids is 2. The molecule has 2 N–H and O–H groups in total. The van der Waals surface area contributed by atoms with Crippen LogP contribution in [0.25, 0.3) is 0 Å². The van der Waals surface area contributed by atoms with Crippen molar-refractivity contribution in [2.45, 2.75) is 32.7 Å². The van der Waals surface area contributed by atoms with E-state index < -0.39 is 5.91 Å². The van der Waals surface area contributed by atoms with Crippen LogP contribution in [0.3, 0.4) is 0 Å². The molecule has 5 nitrogen and oxygen atoms in total. The predicted molar refractivity (Wildman–Crippen MR) is 96.1 cm³/mol. The molecule has 1 aromatic rings. The van der Waals surface area contributed by atoms with Gasteiger partial charge < -0.3 is 15.4 Å². The van der Waals surface area contributed by atoms with Crippen molar-refractivity contribution in [2.24, 2.45) is 23.5 Å². The molecule has 2 amide bonds. The zero-order valence-corrected chi connectivity index (χ0v) is 14.9. The quantitative estimate of drug-likeness (QED) is 0.774. The molecule has 1 saturated carbocycles. The van der Waals surface area contributed by atoms with Crippen LogP contribution in [0.2, 0.25) is 0 Å². The van der Waals surface area contributed by atoms with E-state index in [4.69, 9.17) is 10.5 Å². The molecule has 1 aromatic carbocycles. The first-order chi connectivity index (χ1) is 11.9. The lowest BCUT2D eigenvalue weighted by atomic mass is 9.92. The summed E-state index contributed by atoms with van der Waals surface area (Å²) in [6.07, 6.45) is 7.06. The van der Waals surface area contributed by atoms with Crippen molar-refractivity contribution < 1.29 is 14.3 Å². The number of ether oxygens (including phenoxy) is 1. The molecule has 2 bridgehead atoms. The molecule has 2 aliphatic carbocycles. The van der Waals surface area contributed by atoms with Gasteiger partial charge in [0, 0.05) is 18.2 Å². The average Bonchev–Trinajstić information content (AvgIpc) is 3.20. The Hall–Kier alpha value is -2.30. The highest BCUT2D eigenvalue weighted by molar-refractivity contribution is 5.94. The maximum Gasteiger partial charge on any atom is 0.255 e. The number of fused-ring (bicyclic) bond motifs is 2. The Balaban J connectivity index is 1.71. The van der Waals surface area contributed by atoms with E-state index in [2.05, 4.69) is 12.2 Å². The highest BCUT2D eigenvalue weighted by atomic mass is 16.5. The summed E-state index contributed by atoms with van der Waals surface area (Å²) < 4.78 is 5.32. The van der Waals surface area contributed by atoms with Crippen LogP contribution in [0.5, 0.6) is 5.75 Å². The molecule has 3 atom stereocenters. The molecule has 1 fully saturated rings. The molecule has 2 aliphatic rings. The molecular formula is C20H26N2O3. The predicted octanol–water partition coefficient (Wildman–Crippen LogP) is 2.61. The number of nitrogens with two attached hydrogens (primary N) is 1. The maximum absolute atomic E-state index is 13.0. The zero-order chi connectivity index (χ0) is 18.0. The molecule has 0 radical (unpaired) electrons. The van der Waals surface area contributed by atoms with Gasteiger partial charge in [0.1, 0.15) is 5.75 Å². The molecule has 0 aromatic heterocycles. The molecular weight excluding hydrogens is 316 g/mol. The number of carbonyl (C=O) groups is 2. The summed E-state index contributed by atoms with van der Waals surface area (Å²) in [5, 5.41) is 0. The Morgan fingerprint density at radius 2 is 2.08 bits per heavy atom. The van der Waals surface area contributed by atoms with Gasteiger partial charge in [-0.1, -0.05) is 18.2 Å². The van der Waals surface area contributed by atoms with Gasteiger partial charge >= 0.3 is 0 Å². The Morgan fingerprint density at radius 1 is 1.28 bits per heavy atom. The average molecular weight is 342 g/mol. The van der Waals surface area contributed by atoms with E-state index in [0.29, 0.717) is 29.1 Å². The van der Waals surface area contributed by atoms with Crippen LogP contribution in [0, 0.1) is 17.8 Å². The third kappa shape index (κ3) is 4.03. The standard InChI is InChI=1S/C20H26N2O3/c1-13(2)22(11-17-9-14-6-7-15(17)8-14)20(24)16-4-3-5-18(10-16)25-12-19(21)23/h3-7,10,13-15,17H,8-9,11-12H2,1-2H3,(H2,21,23)/t14-,15-,17+/m0/s1. The molecule has 0 spiro atoms. The number of hydrogen-bond donors (Lipinski definition) is 1. The first kappa shape index (κ1) is 17.5. The summed E-state index contributed by atoms with van der Waals surface area (Å²) in [5.41, 5.74) is 5.68. The van der Waals surface area contributed by atoms with Crippen molar-refractivity contribution in [3.63, 3.8) is 0 Å². The van der Waals surface area contributed by atoms with Crippen LogP contribution >= 0.6 is 0 Å². The van der Waals surface area contributed by atoms with Crippen molar-refractivity contribution in [1.82, 2.24) is 4.90 Å². The van der Waals surface area contributed by atoms with Crippen molar-refractivity contribution in [3.8, 4) is 5.75 Å². The molecule has 0 unspecified atom stereocenters. The van der Waals surface area contributed by atoms with Crippen LogP contribution in [0.4, 0.5) is 0 Å². The fourth-order valence-corrected chi connectivity index (χ4v) is 3.92. The van der Waals surface area contributed by atoms with Gasteiger partial charge in [-0.25, -0.2) is 0 Å². The largest absolute Gasteiger partial charge is 0.484 e. The van der Waals surface area contributed by atoms with E-state index in [1.165, 1.54) is 12.8 Å². The normalized spacial score (nSPS) is 23.9. The van der Waals surface area contributed by atoms with Crippen LogP contribution in [0.15, 0.2) is 36.4 Å². The van der Waals surface area contributed by atoms with Crippen LogP contribution in [-0.4, -0.2) is 35.9 Å². The Kier molecular flexibility index (Phi) is 5.11. The first-order valence-corrected chi connectivity index (χ1v) is 8.94. The minimum absolute atomic E-state index is 0.00581. The zero-order valence-electron chi connectivity index (χ0n) is 14.9. The van der Waals surface area contributed by atoms with Gasteiger partial charge in [-0.3, -0.25) is 9.59 Å². The number of benzene rings is 1. The van der Waals surface area contributed by atoms with Crippen molar-refractivity contribution >= 4 is 11.8 Å². The highest BCUT2D eigenvalue weighted by Gasteiger charge is 2.37. The summed E-state index contributed by atoms with van der Waals surface area (Å²) in [6.45, 7) is 4.69. The lowest BCUT2D eigenvalue weighted by Crippen LogP contribution is -2.41. The van der Waals surface area contributed by atoms with Gasteiger partial charge in [-0.2, -0.15) is 0 Å². The number of hydrogen-bond acceptors (Lipinski definition) is 3. The summed E-state index contributed by atoms with van der Waals surface area (Å²) in [6, 6.07) is 7.09. The molecule has 0 aliphatic heterocycles. The number of primary amides is 1. The molecule has 25 heavy (non-hydrogen) atoms. The summed E-state index contributed by atoms with van der Waals surface area (Å²) in [5.74, 6) is 1.82. The molecule has 134 valence electrons. The van der Waals surface area contributed by atoms with E-state index in [9.17, 15) is 9.59 Å². The van der Waals surface area contributed by atoms with E-state index >= 15 is 0 Å².